The molecule has 1 amide bonds. The first-order chi connectivity index (χ1) is 17.9. The fourth-order valence-electron chi connectivity index (χ4n) is 3.61. The topological polar surface area (TPSA) is 113 Å². The number of ether oxygens (including phenoxy) is 2. The van der Waals surface area contributed by atoms with Gasteiger partial charge in [-0.15, -0.1) is 0 Å². The Morgan fingerprint density at radius 2 is 1.13 bits per heavy atom. The van der Waals surface area contributed by atoms with Gasteiger partial charge in [-0.25, -0.2) is 14.4 Å². The van der Waals surface area contributed by atoms with Crippen molar-refractivity contribution in [2.24, 2.45) is 0 Å². The molecule has 0 heterocycles. The molecular weight excluding hydrogens is 497 g/mol. The SMILES string of the molecule is O=C(O)c1ccc(OC(=O)N(Cc2ccccc2)Cc2ccc(Oc3ccccc3)cc2)cc1C(=O)O.[H-].[Na+]. The van der Waals surface area contributed by atoms with E-state index in [-0.39, 0.29) is 49.8 Å². The van der Waals surface area contributed by atoms with Crippen LogP contribution in [-0.4, -0.2) is 33.1 Å². The number of carboxylic acids is 2. The maximum atomic E-state index is 13.1. The predicted octanol–water partition coefficient (Wildman–Crippen LogP) is 3.19. The van der Waals surface area contributed by atoms with Gasteiger partial charge in [0, 0.05) is 13.1 Å². The molecule has 0 atom stereocenters. The van der Waals surface area contributed by atoms with E-state index in [1.165, 1.54) is 11.0 Å². The Morgan fingerprint density at radius 1 is 0.632 bits per heavy atom. The van der Waals surface area contributed by atoms with Crippen molar-refractivity contribution in [3.05, 3.63) is 125 Å². The van der Waals surface area contributed by atoms with E-state index in [9.17, 15) is 24.6 Å². The van der Waals surface area contributed by atoms with Crippen molar-refractivity contribution in [3.63, 3.8) is 0 Å². The fraction of sp³-hybridized carbons (Fsp3) is 0.0690. The summed E-state index contributed by atoms with van der Waals surface area (Å²) in [5, 5.41) is 18.6. The van der Waals surface area contributed by atoms with Crippen molar-refractivity contribution < 1.29 is 65.1 Å². The molecular formula is C29H24NNaO7. The van der Waals surface area contributed by atoms with E-state index in [1.807, 2.05) is 72.8 Å². The minimum atomic E-state index is -1.44. The van der Waals surface area contributed by atoms with Crippen LogP contribution in [0.3, 0.4) is 0 Å². The van der Waals surface area contributed by atoms with E-state index < -0.39 is 29.2 Å². The number of carbonyl (C=O) groups excluding carboxylic acids is 1. The van der Waals surface area contributed by atoms with Gasteiger partial charge in [-0.1, -0.05) is 60.7 Å². The van der Waals surface area contributed by atoms with Crippen molar-refractivity contribution in [2.75, 3.05) is 0 Å². The maximum absolute atomic E-state index is 13.1. The van der Waals surface area contributed by atoms with Crippen LogP contribution >= 0.6 is 0 Å². The molecule has 0 aromatic heterocycles. The van der Waals surface area contributed by atoms with E-state index in [2.05, 4.69) is 0 Å². The number of para-hydroxylation sites is 1. The van der Waals surface area contributed by atoms with Crippen molar-refractivity contribution in [1.82, 2.24) is 4.90 Å². The molecule has 0 unspecified atom stereocenters. The van der Waals surface area contributed by atoms with Crippen LogP contribution in [-0.2, 0) is 13.1 Å². The molecule has 4 aromatic carbocycles. The molecule has 4 aromatic rings. The summed E-state index contributed by atoms with van der Waals surface area (Å²) in [5.41, 5.74) is 0.823. The van der Waals surface area contributed by atoms with Crippen molar-refractivity contribution in [3.8, 4) is 17.2 Å². The number of benzene rings is 4. The van der Waals surface area contributed by atoms with Crippen LogP contribution in [0.15, 0.2) is 103 Å². The quantitative estimate of drug-likeness (QED) is 0.325. The first-order valence-electron chi connectivity index (χ1n) is 11.3. The largest absolute Gasteiger partial charge is 1.00 e. The first kappa shape index (κ1) is 28.5. The Balaban J connectivity index is 0.00000267. The molecule has 0 saturated heterocycles. The van der Waals surface area contributed by atoms with Gasteiger partial charge in [0.25, 0.3) is 0 Å². The number of amides is 1. The van der Waals surface area contributed by atoms with Crippen LogP contribution in [0.25, 0.3) is 0 Å². The van der Waals surface area contributed by atoms with Crippen LogP contribution < -0.4 is 39.0 Å². The van der Waals surface area contributed by atoms with Crippen LogP contribution in [0.5, 0.6) is 17.2 Å². The summed E-state index contributed by atoms with van der Waals surface area (Å²) in [5.74, 6) is -1.54. The number of carboxylic acid groups (broad SMARTS) is 2. The van der Waals surface area contributed by atoms with E-state index >= 15 is 0 Å². The molecule has 2 N–H and O–H groups in total. The van der Waals surface area contributed by atoms with Crippen molar-refractivity contribution in [1.29, 1.82) is 0 Å². The molecule has 4 rings (SSSR count). The Hall–Kier alpha value is -4.11. The second-order valence-corrected chi connectivity index (χ2v) is 8.09. The third-order valence-electron chi connectivity index (χ3n) is 5.41. The van der Waals surface area contributed by atoms with E-state index in [0.717, 1.165) is 23.3 Å². The average molecular weight is 522 g/mol. The van der Waals surface area contributed by atoms with Gasteiger partial charge in [0.1, 0.15) is 17.2 Å². The van der Waals surface area contributed by atoms with Crippen molar-refractivity contribution >= 4 is 18.0 Å². The molecule has 0 fully saturated rings. The standard InChI is InChI=1S/C29H23NO7.Na.H/c31-27(32)25-16-15-24(17-26(25)28(33)34)37-29(35)30(18-20-7-3-1-4-8-20)19-21-11-13-23(14-12-21)36-22-9-5-2-6-10-22;;/h1-17H,18-19H2,(H,31,32)(H,33,34);;/q;+1;-1. The molecule has 188 valence electrons. The van der Waals surface area contributed by atoms with Gasteiger partial charge in [0.2, 0.25) is 0 Å². The van der Waals surface area contributed by atoms with Gasteiger partial charge in [-0.3, -0.25) is 4.90 Å². The Morgan fingerprint density at radius 3 is 1.71 bits per heavy atom. The summed E-state index contributed by atoms with van der Waals surface area (Å²) in [6.07, 6.45) is -0.715. The zero-order valence-corrected chi connectivity index (χ0v) is 22.6. The maximum Gasteiger partial charge on any atom is 1.00 e. The Bertz CT molecular complexity index is 1400. The number of hydrogen-bond acceptors (Lipinski definition) is 5. The Labute approximate surface area is 242 Å². The van der Waals surface area contributed by atoms with Gasteiger partial charge in [0.15, 0.2) is 0 Å². The monoisotopic (exact) mass is 521 g/mol. The minimum Gasteiger partial charge on any atom is -1.00 e. The van der Waals surface area contributed by atoms with E-state index in [1.54, 1.807) is 12.1 Å². The normalized spacial score (nSPS) is 10.1. The van der Waals surface area contributed by atoms with Crippen LogP contribution in [0.1, 0.15) is 33.3 Å². The zero-order valence-electron chi connectivity index (χ0n) is 21.6. The molecule has 9 heteroatoms. The molecule has 38 heavy (non-hydrogen) atoms. The summed E-state index contributed by atoms with van der Waals surface area (Å²) in [7, 11) is 0. The summed E-state index contributed by atoms with van der Waals surface area (Å²) in [4.78, 5) is 37.4. The second kappa shape index (κ2) is 13.4. The molecule has 0 aliphatic rings. The van der Waals surface area contributed by atoms with Gasteiger partial charge >= 0.3 is 47.6 Å². The van der Waals surface area contributed by atoms with Gasteiger partial charge < -0.3 is 21.1 Å². The third-order valence-corrected chi connectivity index (χ3v) is 5.41. The molecule has 0 aliphatic carbocycles. The summed E-state index contributed by atoms with van der Waals surface area (Å²) in [6.45, 7) is 0.444. The molecule has 0 bridgehead atoms. The molecule has 0 saturated carbocycles. The van der Waals surface area contributed by atoms with Crippen LogP contribution in [0.4, 0.5) is 4.79 Å². The van der Waals surface area contributed by atoms with Gasteiger partial charge in [0.05, 0.1) is 11.1 Å². The molecule has 0 spiro atoms. The minimum absolute atomic E-state index is 0. The smallest absolute Gasteiger partial charge is 1.00 e. The van der Waals surface area contributed by atoms with Crippen molar-refractivity contribution in [2.45, 2.75) is 13.1 Å². The average Bonchev–Trinajstić information content (AvgIpc) is 2.90. The number of nitrogens with zero attached hydrogens (tertiary/aromatic N) is 1. The van der Waals surface area contributed by atoms with Crippen LogP contribution in [0.2, 0.25) is 0 Å². The predicted molar refractivity (Wildman–Crippen MR) is 136 cm³/mol. The van der Waals surface area contributed by atoms with E-state index in [0.29, 0.717) is 11.5 Å². The first-order valence-corrected chi connectivity index (χ1v) is 11.3. The number of aromatic carboxylic acids is 2. The molecule has 0 radical (unpaired) electrons. The van der Waals surface area contributed by atoms with E-state index in [4.69, 9.17) is 9.47 Å². The zero-order chi connectivity index (χ0) is 26.2. The number of carbonyl (C=O) groups is 3. The number of rotatable bonds is 9. The van der Waals surface area contributed by atoms with Crippen LogP contribution in [0, 0.1) is 0 Å². The second-order valence-electron chi connectivity index (χ2n) is 8.09. The van der Waals surface area contributed by atoms with Gasteiger partial charge in [-0.05, 0) is 53.6 Å². The fourth-order valence-corrected chi connectivity index (χ4v) is 3.61. The molecule has 0 aliphatic heterocycles. The number of hydrogen-bond donors (Lipinski definition) is 2. The molecule has 8 nitrogen and oxygen atoms in total. The summed E-state index contributed by atoms with van der Waals surface area (Å²) in [6, 6.07) is 29.4. The van der Waals surface area contributed by atoms with Gasteiger partial charge in [-0.2, -0.15) is 0 Å². The Kier molecular flexibility index (Phi) is 10.1. The third kappa shape index (κ3) is 7.69. The summed E-state index contributed by atoms with van der Waals surface area (Å²) >= 11 is 0. The summed E-state index contributed by atoms with van der Waals surface area (Å²) < 4.78 is 11.3.